The van der Waals surface area contributed by atoms with Gasteiger partial charge in [0.25, 0.3) is 0 Å². The van der Waals surface area contributed by atoms with Gasteiger partial charge in [0.05, 0.1) is 5.60 Å². The Morgan fingerprint density at radius 1 is 1.43 bits per heavy atom. The molecule has 0 radical (unpaired) electrons. The Hall–Kier alpha value is -0.705. The van der Waals surface area contributed by atoms with Gasteiger partial charge in [-0.2, -0.15) is 0 Å². The molecular formula is C9H13BClNO2. The third kappa shape index (κ3) is 1.61. The summed E-state index contributed by atoms with van der Waals surface area (Å²) in [7, 11) is -0.814. The third-order valence-corrected chi connectivity index (χ3v) is 2.40. The second-order valence-corrected chi connectivity index (χ2v) is 3.83. The van der Waals surface area contributed by atoms with Crippen LogP contribution in [-0.2, 0) is 10.3 Å². The van der Waals surface area contributed by atoms with Crippen LogP contribution < -0.4 is 11.2 Å². The molecule has 0 unspecified atom stereocenters. The molecule has 0 saturated heterocycles. The van der Waals surface area contributed by atoms with Gasteiger partial charge >= 0.3 is 7.12 Å². The predicted octanol–water partition coefficient (Wildman–Crippen LogP) is 0.643. The van der Waals surface area contributed by atoms with Gasteiger partial charge in [0.1, 0.15) is 0 Å². The van der Waals surface area contributed by atoms with E-state index < -0.39 is 12.7 Å². The molecule has 0 bridgehead atoms. The molecule has 76 valence electrons. The highest BCUT2D eigenvalue weighted by atomic mass is 35.5. The van der Waals surface area contributed by atoms with E-state index in [9.17, 15) is 5.02 Å². The highest BCUT2D eigenvalue weighted by molar-refractivity contribution is 6.62. The van der Waals surface area contributed by atoms with Crippen LogP contribution in [0, 0.1) is 0 Å². The fourth-order valence-corrected chi connectivity index (χ4v) is 1.72. The first-order valence-electron chi connectivity index (χ1n) is 4.26. The van der Waals surface area contributed by atoms with Crippen LogP contribution in [0.1, 0.15) is 19.4 Å². The first kappa shape index (κ1) is 11.4. The topological polar surface area (TPSA) is 55.5 Å². The molecule has 0 saturated carbocycles. The maximum absolute atomic E-state index is 9.54. The van der Waals surface area contributed by atoms with Crippen LogP contribution in [0.3, 0.4) is 0 Å². The van der Waals surface area contributed by atoms with Gasteiger partial charge in [0.15, 0.2) is 0 Å². The summed E-state index contributed by atoms with van der Waals surface area (Å²) in [6, 6.07) is 5.43. The zero-order valence-corrected chi connectivity index (χ0v) is 8.97. The van der Waals surface area contributed by atoms with Crippen LogP contribution in [0.5, 0.6) is 0 Å². The van der Waals surface area contributed by atoms with Crippen LogP contribution in [0.15, 0.2) is 18.2 Å². The Morgan fingerprint density at radius 2 is 2.07 bits per heavy atom. The van der Waals surface area contributed by atoms with Crippen molar-refractivity contribution in [2.45, 2.75) is 19.4 Å². The quantitative estimate of drug-likeness (QED) is 0.491. The molecule has 1 heterocycles. The molecule has 1 aromatic rings. The first-order chi connectivity index (χ1) is 6.00. The molecule has 0 aliphatic carbocycles. The van der Waals surface area contributed by atoms with E-state index in [1.807, 2.05) is 26.0 Å². The Kier molecular flexibility index (Phi) is 2.81. The van der Waals surface area contributed by atoms with Gasteiger partial charge in [-0.1, -0.05) is 6.07 Å². The number of hydrogen-bond acceptors (Lipinski definition) is 3. The lowest BCUT2D eigenvalue weighted by Crippen LogP contribution is -2.28. The minimum absolute atomic E-state index is 0. The number of benzene rings is 1. The van der Waals surface area contributed by atoms with E-state index in [0.717, 1.165) is 11.0 Å². The molecule has 3 nitrogen and oxygen atoms in total. The van der Waals surface area contributed by atoms with Crippen molar-refractivity contribution < 1.29 is 9.68 Å². The van der Waals surface area contributed by atoms with Crippen molar-refractivity contribution in [3.63, 3.8) is 0 Å². The van der Waals surface area contributed by atoms with Crippen molar-refractivity contribution in [2.24, 2.45) is 0 Å². The van der Waals surface area contributed by atoms with E-state index >= 15 is 0 Å². The van der Waals surface area contributed by atoms with Crippen molar-refractivity contribution in [1.29, 1.82) is 0 Å². The maximum atomic E-state index is 9.54. The summed E-state index contributed by atoms with van der Waals surface area (Å²) < 4.78 is 5.37. The van der Waals surface area contributed by atoms with Crippen LogP contribution >= 0.6 is 12.4 Å². The Morgan fingerprint density at radius 3 is 2.71 bits per heavy atom. The highest BCUT2D eigenvalue weighted by Gasteiger charge is 2.40. The van der Waals surface area contributed by atoms with Crippen molar-refractivity contribution in [3.8, 4) is 0 Å². The van der Waals surface area contributed by atoms with Crippen molar-refractivity contribution >= 4 is 30.7 Å². The maximum Gasteiger partial charge on any atom is 0.492 e. The summed E-state index contributed by atoms with van der Waals surface area (Å²) in [5.41, 5.74) is 7.71. The fraction of sp³-hybridized carbons (Fsp3) is 0.333. The lowest BCUT2D eigenvalue weighted by atomic mass is 9.78. The molecule has 0 spiro atoms. The molecule has 1 aliphatic rings. The molecule has 0 aromatic heterocycles. The predicted molar refractivity (Wildman–Crippen MR) is 59.8 cm³/mol. The lowest BCUT2D eigenvalue weighted by molar-refractivity contribution is 0.101. The molecule has 0 amide bonds. The van der Waals surface area contributed by atoms with E-state index in [1.54, 1.807) is 6.07 Å². The number of anilines is 1. The monoisotopic (exact) mass is 213 g/mol. The van der Waals surface area contributed by atoms with E-state index in [0.29, 0.717) is 5.69 Å². The summed E-state index contributed by atoms with van der Waals surface area (Å²) in [5, 5.41) is 9.54. The molecule has 0 fully saturated rings. The van der Waals surface area contributed by atoms with Gasteiger partial charge in [-0.3, -0.25) is 0 Å². The molecule has 1 aliphatic heterocycles. The zero-order chi connectivity index (χ0) is 9.64. The molecule has 3 N–H and O–H groups in total. The Labute approximate surface area is 89.8 Å². The molecule has 14 heavy (non-hydrogen) atoms. The number of fused-ring (bicyclic) bond motifs is 1. The van der Waals surface area contributed by atoms with E-state index in [4.69, 9.17) is 10.4 Å². The van der Waals surface area contributed by atoms with Gasteiger partial charge in [-0.25, -0.2) is 0 Å². The van der Waals surface area contributed by atoms with E-state index in [-0.39, 0.29) is 12.4 Å². The average Bonchev–Trinajstić information content (AvgIpc) is 2.23. The second kappa shape index (κ2) is 3.46. The first-order valence-corrected chi connectivity index (χ1v) is 4.26. The standard InChI is InChI=1S/C9H12BNO2.ClH/c1-9(2)7-5-6(11)3-4-8(7)10(12)13-9;/h3-5,12H,11H2,1-2H3;1H. The van der Waals surface area contributed by atoms with Crippen molar-refractivity contribution in [1.82, 2.24) is 0 Å². The SMILES string of the molecule is CC1(C)OB(O)c2ccc(N)cc21.Cl. The highest BCUT2D eigenvalue weighted by Crippen LogP contribution is 2.30. The van der Waals surface area contributed by atoms with Crippen LogP contribution in [0.4, 0.5) is 5.69 Å². The molecule has 1 aromatic carbocycles. The van der Waals surface area contributed by atoms with E-state index in [1.165, 1.54) is 0 Å². The van der Waals surface area contributed by atoms with Crippen molar-refractivity contribution in [2.75, 3.05) is 5.73 Å². The van der Waals surface area contributed by atoms with Crippen LogP contribution in [-0.4, -0.2) is 12.1 Å². The largest absolute Gasteiger partial charge is 0.492 e. The smallest absolute Gasteiger partial charge is 0.423 e. The number of rotatable bonds is 0. The van der Waals surface area contributed by atoms with E-state index in [2.05, 4.69) is 0 Å². The minimum Gasteiger partial charge on any atom is -0.423 e. The average molecular weight is 213 g/mol. The Bertz CT molecular complexity index is 357. The van der Waals surface area contributed by atoms with Crippen LogP contribution in [0.25, 0.3) is 0 Å². The molecule has 0 atom stereocenters. The molecular weight excluding hydrogens is 200 g/mol. The number of nitrogens with two attached hydrogens (primary N) is 1. The van der Waals surface area contributed by atoms with Gasteiger partial charge in [-0.05, 0) is 37.0 Å². The number of nitrogen functional groups attached to an aromatic ring is 1. The van der Waals surface area contributed by atoms with Crippen LogP contribution in [0.2, 0.25) is 0 Å². The summed E-state index contributed by atoms with van der Waals surface area (Å²) in [6.07, 6.45) is 0. The zero-order valence-electron chi connectivity index (χ0n) is 8.15. The number of hydrogen-bond donors (Lipinski definition) is 2. The summed E-state index contributed by atoms with van der Waals surface area (Å²) in [4.78, 5) is 0. The Balaban J connectivity index is 0.000000980. The molecule has 2 rings (SSSR count). The van der Waals surface area contributed by atoms with Crippen molar-refractivity contribution in [3.05, 3.63) is 23.8 Å². The van der Waals surface area contributed by atoms with Gasteiger partial charge in [0, 0.05) is 5.69 Å². The number of halogens is 1. The molecule has 5 heteroatoms. The normalized spacial score (nSPS) is 17.5. The van der Waals surface area contributed by atoms with Gasteiger partial charge in [-0.15, -0.1) is 12.4 Å². The minimum atomic E-state index is -0.814. The lowest BCUT2D eigenvalue weighted by Gasteiger charge is -2.19. The third-order valence-electron chi connectivity index (χ3n) is 2.40. The summed E-state index contributed by atoms with van der Waals surface area (Å²) in [6.45, 7) is 3.84. The summed E-state index contributed by atoms with van der Waals surface area (Å²) in [5.74, 6) is 0. The van der Waals surface area contributed by atoms with Gasteiger partial charge in [0.2, 0.25) is 0 Å². The van der Waals surface area contributed by atoms with Gasteiger partial charge < -0.3 is 15.4 Å². The fourth-order valence-electron chi connectivity index (χ4n) is 1.72. The summed E-state index contributed by atoms with van der Waals surface area (Å²) >= 11 is 0. The second-order valence-electron chi connectivity index (χ2n) is 3.83.